The Labute approximate surface area is 144 Å². The van der Waals surface area contributed by atoms with Crippen LogP contribution in [0.3, 0.4) is 0 Å². The van der Waals surface area contributed by atoms with E-state index in [1.54, 1.807) is 6.08 Å². The van der Waals surface area contributed by atoms with E-state index in [9.17, 15) is 26.3 Å². The number of hydrogen-bond donors (Lipinski definition) is 0. The van der Waals surface area contributed by atoms with Crippen LogP contribution in [0.1, 0.15) is 40.5 Å². The quantitative estimate of drug-likeness (QED) is 0.210. The minimum absolute atomic E-state index is 0.721. The SMILES string of the molecule is CC(C)=CCCC(C)=CC=CC(C)(OCC(F)(F)F)OCC(F)(F)F. The Morgan fingerprint density at radius 3 is 1.76 bits per heavy atom. The first-order chi connectivity index (χ1) is 11.2. The van der Waals surface area contributed by atoms with E-state index >= 15 is 0 Å². The summed E-state index contributed by atoms with van der Waals surface area (Å²) in [6.07, 6.45) is -1.82. The molecule has 0 rings (SSSR count). The number of rotatable bonds is 9. The van der Waals surface area contributed by atoms with Gasteiger partial charge in [-0.2, -0.15) is 26.3 Å². The molecule has 0 aromatic rings. The number of ether oxygens (including phenoxy) is 2. The van der Waals surface area contributed by atoms with E-state index in [1.165, 1.54) is 6.08 Å². The Balaban J connectivity index is 4.92. The second-order valence-electron chi connectivity index (χ2n) is 6.02. The van der Waals surface area contributed by atoms with Crippen LogP contribution in [0.4, 0.5) is 26.3 Å². The van der Waals surface area contributed by atoms with Gasteiger partial charge in [-0.15, -0.1) is 0 Å². The van der Waals surface area contributed by atoms with Crippen molar-refractivity contribution in [1.82, 2.24) is 0 Å². The number of allylic oxidation sites excluding steroid dienone is 5. The molecular weight excluding hydrogens is 350 g/mol. The lowest BCUT2D eigenvalue weighted by molar-refractivity contribution is -0.284. The Kier molecular flexibility index (Phi) is 9.50. The normalized spacial score (nSPS) is 14.2. The third-order valence-electron chi connectivity index (χ3n) is 2.92. The van der Waals surface area contributed by atoms with Crippen LogP contribution in [0.25, 0.3) is 0 Å². The topological polar surface area (TPSA) is 18.5 Å². The smallest absolute Gasteiger partial charge is 0.337 e. The van der Waals surface area contributed by atoms with Crippen molar-refractivity contribution in [3.63, 3.8) is 0 Å². The lowest BCUT2D eigenvalue weighted by Crippen LogP contribution is -2.37. The third-order valence-corrected chi connectivity index (χ3v) is 2.92. The van der Waals surface area contributed by atoms with Gasteiger partial charge in [0.1, 0.15) is 13.2 Å². The highest BCUT2D eigenvalue weighted by Gasteiger charge is 2.37. The van der Waals surface area contributed by atoms with Crippen molar-refractivity contribution < 1.29 is 35.8 Å². The van der Waals surface area contributed by atoms with Gasteiger partial charge in [-0.3, -0.25) is 0 Å². The molecule has 0 amide bonds. The maximum absolute atomic E-state index is 12.3. The van der Waals surface area contributed by atoms with Crippen molar-refractivity contribution in [2.45, 2.75) is 58.7 Å². The highest BCUT2D eigenvalue weighted by molar-refractivity contribution is 5.13. The molecule has 8 heteroatoms. The molecule has 25 heavy (non-hydrogen) atoms. The number of alkyl halides is 6. The molecule has 0 saturated heterocycles. The maximum Gasteiger partial charge on any atom is 0.411 e. The second kappa shape index (κ2) is 10.0. The summed E-state index contributed by atoms with van der Waals surface area (Å²) in [5.74, 6) is -2.14. The van der Waals surface area contributed by atoms with E-state index < -0.39 is 31.4 Å². The number of halogens is 6. The molecule has 0 aliphatic carbocycles. The summed E-state index contributed by atoms with van der Waals surface area (Å²) in [6, 6.07) is 0. The lowest BCUT2D eigenvalue weighted by atomic mass is 10.1. The molecule has 0 aromatic heterocycles. The van der Waals surface area contributed by atoms with Crippen LogP contribution in [-0.4, -0.2) is 31.4 Å². The van der Waals surface area contributed by atoms with Gasteiger partial charge in [0, 0.05) is 0 Å². The first-order valence-corrected chi connectivity index (χ1v) is 7.62. The Morgan fingerprint density at radius 1 is 0.880 bits per heavy atom. The minimum atomic E-state index is -4.67. The van der Waals surface area contributed by atoms with Crippen molar-refractivity contribution >= 4 is 0 Å². The van der Waals surface area contributed by atoms with Crippen LogP contribution in [0.2, 0.25) is 0 Å². The molecule has 0 heterocycles. The van der Waals surface area contributed by atoms with Gasteiger partial charge in [0.15, 0.2) is 5.79 Å². The standard InChI is InChI=1S/C17H24F6O2/c1-13(2)7-5-8-14(3)9-6-10-15(4,24-11-16(18,19)20)25-12-17(21,22)23/h6-7,9-10H,5,8,11-12H2,1-4H3. The van der Waals surface area contributed by atoms with Gasteiger partial charge in [-0.25, -0.2) is 0 Å². The third kappa shape index (κ3) is 14.7. The Bertz CT molecular complexity index is 464. The fourth-order valence-corrected chi connectivity index (χ4v) is 1.65. The molecule has 0 fully saturated rings. The minimum Gasteiger partial charge on any atom is -0.337 e. The summed E-state index contributed by atoms with van der Waals surface area (Å²) in [6.45, 7) is 3.31. The van der Waals surface area contributed by atoms with Gasteiger partial charge >= 0.3 is 12.4 Å². The van der Waals surface area contributed by atoms with Gasteiger partial charge in [0.25, 0.3) is 0 Å². The first-order valence-electron chi connectivity index (χ1n) is 7.62. The zero-order valence-corrected chi connectivity index (χ0v) is 14.7. The predicted molar refractivity (Wildman–Crippen MR) is 84.0 cm³/mol. The highest BCUT2D eigenvalue weighted by Crippen LogP contribution is 2.25. The molecule has 0 unspecified atom stereocenters. The van der Waals surface area contributed by atoms with Crippen molar-refractivity contribution in [3.8, 4) is 0 Å². The van der Waals surface area contributed by atoms with Gasteiger partial charge in [-0.1, -0.05) is 29.4 Å². The van der Waals surface area contributed by atoms with Crippen molar-refractivity contribution in [1.29, 1.82) is 0 Å². The zero-order valence-electron chi connectivity index (χ0n) is 14.7. The van der Waals surface area contributed by atoms with Crippen molar-refractivity contribution in [2.75, 3.05) is 13.2 Å². The van der Waals surface area contributed by atoms with Gasteiger partial charge in [0.05, 0.1) is 0 Å². The molecule has 0 spiro atoms. The van der Waals surface area contributed by atoms with E-state index in [0.717, 1.165) is 37.0 Å². The first kappa shape index (κ1) is 23.7. The van der Waals surface area contributed by atoms with Crippen LogP contribution in [0.5, 0.6) is 0 Å². The highest BCUT2D eigenvalue weighted by atomic mass is 19.4. The second-order valence-corrected chi connectivity index (χ2v) is 6.02. The number of hydrogen-bond acceptors (Lipinski definition) is 2. The Morgan fingerprint density at radius 2 is 1.36 bits per heavy atom. The summed E-state index contributed by atoms with van der Waals surface area (Å²) < 4.78 is 82.6. The van der Waals surface area contributed by atoms with Gasteiger partial charge in [-0.05, 0) is 46.6 Å². The van der Waals surface area contributed by atoms with E-state index in [0.29, 0.717) is 0 Å². The van der Waals surface area contributed by atoms with Gasteiger partial charge < -0.3 is 9.47 Å². The maximum atomic E-state index is 12.3. The average molecular weight is 374 g/mol. The fourth-order valence-electron chi connectivity index (χ4n) is 1.65. The summed E-state index contributed by atoms with van der Waals surface area (Å²) in [5.41, 5.74) is 2.08. The van der Waals surface area contributed by atoms with E-state index in [2.05, 4.69) is 9.47 Å². The van der Waals surface area contributed by atoms with Crippen LogP contribution < -0.4 is 0 Å². The Hall–Kier alpha value is -1.28. The van der Waals surface area contributed by atoms with Crippen molar-refractivity contribution in [2.24, 2.45) is 0 Å². The summed E-state index contributed by atoms with van der Waals surface area (Å²) >= 11 is 0. The molecular formula is C17H24F6O2. The molecule has 0 aliphatic heterocycles. The molecule has 2 nitrogen and oxygen atoms in total. The molecule has 0 saturated carbocycles. The molecule has 0 aliphatic rings. The van der Waals surface area contributed by atoms with Crippen molar-refractivity contribution in [3.05, 3.63) is 35.5 Å². The molecule has 0 aromatic carbocycles. The summed E-state index contributed by atoms with van der Waals surface area (Å²) in [7, 11) is 0. The summed E-state index contributed by atoms with van der Waals surface area (Å²) in [5, 5.41) is 0. The van der Waals surface area contributed by atoms with Crippen LogP contribution in [0, 0.1) is 0 Å². The van der Waals surface area contributed by atoms with E-state index in [4.69, 9.17) is 0 Å². The lowest BCUT2D eigenvalue weighted by Gasteiger charge is -2.28. The monoisotopic (exact) mass is 374 g/mol. The molecule has 0 atom stereocenters. The van der Waals surface area contributed by atoms with E-state index in [1.807, 2.05) is 26.8 Å². The summed E-state index contributed by atoms with van der Waals surface area (Å²) in [4.78, 5) is 0. The average Bonchev–Trinajstić information content (AvgIpc) is 2.41. The van der Waals surface area contributed by atoms with Crippen LogP contribution >= 0.6 is 0 Å². The molecule has 146 valence electrons. The van der Waals surface area contributed by atoms with Crippen LogP contribution in [0.15, 0.2) is 35.5 Å². The predicted octanol–water partition coefficient (Wildman–Crippen LogP) is 6.11. The fraction of sp³-hybridized carbons (Fsp3) is 0.647. The molecule has 0 N–H and O–H groups in total. The zero-order chi connectivity index (χ0) is 19.7. The molecule has 0 radical (unpaired) electrons. The van der Waals surface area contributed by atoms with E-state index in [-0.39, 0.29) is 0 Å². The van der Waals surface area contributed by atoms with Gasteiger partial charge in [0.2, 0.25) is 0 Å². The molecule has 0 bridgehead atoms. The largest absolute Gasteiger partial charge is 0.411 e. The van der Waals surface area contributed by atoms with Crippen LogP contribution in [-0.2, 0) is 9.47 Å².